The van der Waals surface area contributed by atoms with Gasteiger partial charge in [0.15, 0.2) is 0 Å². The van der Waals surface area contributed by atoms with Gasteiger partial charge in [-0.25, -0.2) is 8.78 Å². The fraction of sp³-hybridized carbons (Fsp3) is 0.424. The molecule has 0 heterocycles. The molecule has 0 spiro atoms. The summed E-state index contributed by atoms with van der Waals surface area (Å²) in [5.41, 5.74) is 3.83. The van der Waals surface area contributed by atoms with Gasteiger partial charge >= 0.3 is 0 Å². The van der Waals surface area contributed by atoms with Crippen LogP contribution in [-0.4, -0.2) is 48.2 Å². The fourth-order valence-corrected chi connectivity index (χ4v) is 5.31. The summed E-state index contributed by atoms with van der Waals surface area (Å²) >= 11 is 0. The first-order valence-electron chi connectivity index (χ1n) is 14.2. The Morgan fingerprint density at radius 2 is 1.73 bits per heavy atom. The lowest BCUT2D eigenvalue weighted by Gasteiger charge is -2.27. The summed E-state index contributed by atoms with van der Waals surface area (Å²) in [4.78, 5) is 15.7. The number of nitrogens with one attached hydrogen (secondary N) is 2. The molecule has 0 saturated heterocycles. The second-order valence-corrected chi connectivity index (χ2v) is 11.3. The average molecular weight is 550 g/mol. The standard InChI is InChI=1S/C33H41F2N3O2/c1-4-5-13-38(3)22-25-14-23(2)15-26(16-25)32(40)37-30(19-24-17-28(34)20-29(35)18-24)31(39)21-36-33(11-12-33)27-9-7-6-8-10-27/h6-10,14-18,20,30-31,36,39H,4-5,11-13,19,21-22H2,1-3H3,(H,37,40)/t30-,31-/m0/s1. The summed E-state index contributed by atoms with van der Waals surface area (Å²) in [5.74, 6) is -1.71. The molecular formula is C33H41F2N3O2. The molecule has 0 radical (unpaired) electrons. The van der Waals surface area contributed by atoms with Crippen molar-refractivity contribution < 1.29 is 18.7 Å². The second kappa shape index (κ2) is 13.5. The van der Waals surface area contributed by atoms with Crippen molar-refractivity contribution in [2.24, 2.45) is 0 Å². The monoisotopic (exact) mass is 549 g/mol. The number of hydrogen-bond donors (Lipinski definition) is 3. The van der Waals surface area contributed by atoms with E-state index in [-0.39, 0.29) is 24.4 Å². The van der Waals surface area contributed by atoms with E-state index in [0.717, 1.165) is 61.5 Å². The van der Waals surface area contributed by atoms with Gasteiger partial charge in [-0.15, -0.1) is 0 Å². The molecule has 1 aliphatic carbocycles. The summed E-state index contributed by atoms with van der Waals surface area (Å²) < 4.78 is 27.9. The number of rotatable bonds is 14. The van der Waals surface area contributed by atoms with E-state index in [4.69, 9.17) is 0 Å². The molecule has 4 rings (SSSR count). The van der Waals surface area contributed by atoms with Crippen molar-refractivity contribution in [1.29, 1.82) is 0 Å². The molecule has 1 amide bonds. The van der Waals surface area contributed by atoms with Crippen molar-refractivity contribution in [2.45, 2.75) is 70.2 Å². The third-order valence-corrected chi connectivity index (χ3v) is 7.63. The number of aryl methyl sites for hydroxylation is 1. The average Bonchev–Trinajstić information content (AvgIpc) is 3.71. The Morgan fingerprint density at radius 1 is 1.02 bits per heavy atom. The van der Waals surface area contributed by atoms with Gasteiger partial charge < -0.3 is 20.6 Å². The van der Waals surface area contributed by atoms with Gasteiger partial charge in [-0.2, -0.15) is 0 Å². The lowest BCUT2D eigenvalue weighted by Crippen LogP contribution is -2.50. The Morgan fingerprint density at radius 3 is 2.38 bits per heavy atom. The van der Waals surface area contributed by atoms with E-state index in [9.17, 15) is 18.7 Å². The fourth-order valence-electron chi connectivity index (χ4n) is 5.31. The van der Waals surface area contributed by atoms with E-state index in [0.29, 0.717) is 11.1 Å². The first kappa shape index (κ1) is 29.8. The molecule has 40 heavy (non-hydrogen) atoms. The molecule has 3 aromatic carbocycles. The molecule has 0 unspecified atom stereocenters. The molecule has 7 heteroatoms. The normalized spacial score (nSPS) is 15.6. The maximum Gasteiger partial charge on any atom is 0.251 e. The van der Waals surface area contributed by atoms with Crippen molar-refractivity contribution in [1.82, 2.24) is 15.5 Å². The number of halogens is 2. The van der Waals surface area contributed by atoms with Crippen molar-refractivity contribution >= 4 is 5.91 Å². The first-order valence-corrected chi connectivity index (χ1v) is 14.2. The Hall–Kier alpha value is -3.13. The first-order chi connectivity index (χ1) is 19.2. The smallest absolute Gasteiger partial charge is 0.251 e. The van der Waals surface area contributed by atoms with Crippen LogP contribution in [0.4, 0.5) is 8.78 Å². The molecule has 0 bridgehead atoms. The Balaban J connectivity index is 1.50. The van der Waals surface area contributed by atoms with Gasteiger partial charge in [-0.05, 0) is 87.2 Å². The van der Waals surface area contributed by atoms with Crippen LogP contribution < -0.4 is 10.6 Å². The van der Waals surface area contributed by atoms with Gasteiger partial charge in [-0.3, -0.25) is 4.79 Å². The number of amides is 1. The van der Waals surface area contributed by atoms with Crippen molar-refractivity contribution in [3.8, 4) is 0 Å². The van der Waals surface area contributed by atoms with Crippen molar-refractivity contribution in [3.05, 3.63) is 106 Å². The molecular weight excluding hydrogens is 508 g/mol. The molecule has 0 aliphatic heterocycles. The molecule has 1 fully saturated rings. The van der Waals surface area contributed by atoms with Crippen LogP contribution in [0.25, 0.3) is 0 Å². The number of carbonyl (C=O) groups is 1. The lowest BCUT2D eigenvalue weighted by molar-refractivity contribution is 0.0821. The van der Waals surface area contributed by atoms with Crippen LogP contribution in [-0.2, 0) is 18.5 Å². The quantitative estimate of drug-likeness (QED) is 0.249. The van der Waals surface area contributed by atoms with E-state index >= 15 is 0 Å². The number of nitrogens with zero attached hydrogens (tertiary/aromatic N) is 1. The van der Waals surface area contributed by atoms with Gasteiger partial charge in [0.2, 0.25) is 0 Å². The summed E-state index contributed by atoms with van der Waals surface area (Å²) in [6.45, 7) is 6.04. The van der Waals surface area contributed by atoms with Crippen LogP contribution in [0.15, 0.2) is 66.7 Å². The zero-order chi connectivity index (χ0) is 28.7. The molecule has 2 atom stereocenters. The van der Waals surface area contributed by atoms with Gasteiger partial charge in [0.25, 0.3) is 5.91 Å². The largest absolute Gasteiger partial charge is 0.390 e. The molecule has 3 N–H and O–H groups in total. The van der Waals surface area contributed by atoms with Gasteiger partial charge in [0.05, 0.1) is 12.1 Å². The molecule has 3 aromatic rings. The Labute approximate surface area is 236 Å². The summed E-state index contributed by atoms with van der Waals surface area (Å²) in [5, 5.41) is 17.7. The molecule has 5 nitrogen and oxygen atoms in total. The predicted octanol–water partition coefficient (Wildman–Crippen LogP) is 5.49. The van der Waals surface area contributed by atoms with Crippen LogP contribution in [0.5, 0.6) is 0 Å². The predicted molar refractivity (Wildman–Crippen MR) is 155 cm³/mol. The van der Waals surface area contributed by atoms with E-state index in [1.54, 1.807) is 0 Å². The SMILES string of the molecule is CCCCN(C)Cc1cc(C)cc(C(=O)N[C@@H](Cc2cc(F)cc(F)c2)[C@@H](O)CNC2(c3ccccc3)CC2)c1. The maximum absolute atomic E-state index is 14.0. The van der Waals surface area contributed by atoms with Gasteiger partial charge in [-0.1, -0.05) is 55.3 Å². The highest BCUT2D eigenvalue weighted by Crippen LogP contribution is 2.45. The molecule has 0 aromatic heterocycles. The topological polar surface area (TPSA) is 64.6 Å². The lowest BCUT2D eigenvalue weighted by atomic mass is 9.98. The zero-order valence-electron chi connectivity index (χ0n) is 23.7. The van der Waals surface area contributed by atoms with Crippen LogP contribution >= 0.6 is 0 Å². The summed E-state index contributed by atoms with van der Waals surface area (Å²) in [6, 6.07) is 18.4. The van der Waals surface area contributed by atoms with E-state index in [1.807, 2.05) is 37.3 Å². The molecule has 214 valence electrons. The van der Waals surface area contributed by atoms with E-state index < -0.39 is 23.8 Å². The summed E-state index contributed by atoms with van der Waals surface area (Å²) in [6.07, 6.45) is 3.23. The number of aliphatic hydroxyl groups is 1. The number of benzene rings is 3. The van der Waals surface area contributed by atoms with E-state index in [1.165, 1.54) is 12.1 Å². The van der Waals surface area contributed by atoms with E-state index in [2.05, 4.69) is 47.7 Å². The number of hydrogen-bond acceptors (Lipinski definition) is 4. The minimum absolute atomic E-state index is 0.0834. The maximum atomic E-state index is 14.0. The second-order valence-electron chi connectivity index (χ2n) is 11.3. The number of unbranched alkanes of at least 4 members (excludes halogenated alkanes) is 1. The highest BCUT2D eigenvalue weighted by Gasteiger charge is 2.44. The Kier molecular flexibility index (Phi) is 10.1. The summed E-state index contributed by atoms with van der Waals surface area (Å²) in [7, 11) is 2.07. The third-order valence-electron chi connectivity index (χ3n) is 7.63. The highest BCUT2D eigenvalue weighted by atomic mass is 19.1. The van der Waals surface area contributed by atoms with Gasteiger partial charge in [0, 0.05) is 30.3 Å². The van der Waals surface area contributed by atoms with Crippen molar-refractivity contribution in [3.63, 3.8) is 0 Å². The number of carbonyl (C=O) groups excluding carboxylic acids is 1. The van der Waals surface area contributed by atoms with Gasteiger partial charge in [0.1, 0.15) is 11.6 Å². The van der Waals surface area contributed by atoms with Crippen molar-refractivity contribution in [2.75, 3.05) is 20.1 Å². The van der Waals surface area contributed by atoms with Crippen LogP contribution in [0.3, 0.4) is 0 Å². The zero-order valence-corrected chi connectivity index (χ0v) is 23.7. The third kappa shape index (κ3) is 8.19. The van der Waals surface area contributed by atoms with Crippen LogP contribution in [0.2, 0.25) is 0 Å². The Bertz CT molecular complexity index is 1260. The minimum Gasteiger partial charge on any atom is -0.390 e. The number of aliphatic hydroxyl groups excluding tert-OH is 1. The van der Waals surface area contributed by atoms with Crippen LogP contribution in [0, 0.1) is 18.6 Å². The molecule has 1 aliphatic rings. The van der Waals surface area contributed by atoms with Crippen LogP contribution in [0.1, 0.15) is 65.2 Å². The minimum atomic E-state index is -0.985. The highest BCUT2D eigenvalue weighted by molar-refractivity contribution is 5.94. The molecule has 1 saturated carbocycles.